The summed E-state index contributed by atoms with van der Waals surface area (Å²) in [7, 11) is 0. The number of pyridine rings is 1. The Morgan fingerprint density at radius 2 is 1.23 bits per heavy atom. The smallest absolute Gasteiger partial charge is 0.460 e. The van der Waals surface area contributed by atoms with Crippen molar-refractivity contribution < 1.29 is 71.3 Å². The Morgan fingerprint density at radius 1 is 0.659 bits per heavy atom. The van der Waals surface area contributed by atoms with Crippen LogP contribution in [0.25, 0.3) is 11.1 Å². The van der Waals surface area contributed by atoms with Crippen molar-refractivity contribution in [2.45, 2.75) is 93.9 Å². The number of fused-ring (bicyclic) bond motifs is 1. The summed E-state index contributed by atoms with van der Waals surface area (Å²) in [6.45, 7) is 2.54. The van der Waals surface area contributed by atoms with E-state index in [0.717, 1.165) is 50.7 Å². The Labute approximate surface area is 242 Å². The molecule has 1 aliphatic rings. The quantitative estimate of drug-likeness (QED) is 0.141. The van der Waals surface area contributed by atoms with Gasteiger partial charge in [-0.3, -0.25) is 0 Å². The molecule has 0 fully saturated rings. The molecular formula is C27H26F13NO3. The Balaban J connectivity index is 1.66. The van der Waals surface area contributed by atoms with Crippen molar-refractivity contribution in [3.05, 3.63) is 36.5 Å². The van der Waals surface area contributed by atoms with E-state index in [2.05, 4.69) is 11.9 Å². The maximum Gasteiger partial charge on any atom is 0.460 e. The third-order valence-electron chi connectivity index (χ3n) is 6.70. The summed E-state index contributed by atoms with van der Waals surface area (Å²) in [5, 5.41) is 0. The molecule has 1 aliphatic heterocycles. The van der Waals surface area contributed by atoms with Crippen LogP contribution in [-0.4, -0.2) is 53.7 Å². The van der Waals surface area contributed by atoms with Crippen LogP contribution in [0.5, 0.6) is 17.4 Å². The lowest BCUT2D eigenvalue weighted by atomic mass is 9.92. The fraction of sp³-hybridized carbons (Fsp3) is 0.593. The molecule has 1 aromatic carbocycles. The Bertz CT molecular complexity index is 1250. The van der Waals surface area contributed by atoms with Gasteiger partial charge in [-0.1, -0.05) is 45.1 Å². The minimum absolute atomic E-state index is 0.307. The molecule has 0 aliphatic carbocycles. The van der Waals surface area contributed by atoms with Crippen LogP contribution < -0.4 is 14.2 Å². The number of alkyl halides is 13. The van der Waals surface area contributed by atoms with E-state index in [-0.39, 0.29) is 11.5 Å². The highest BCUT2D eigenvalue weighted by Gasteiger charge is 2.90. The molecule has 4 nitrogen and oxygen atoms in total. The zero-order valence-corrected chi connectivity index (χ0v) is 22.8. The molecule has 3 rings (SSSR count). The van der Waals surface area contributed by atoms with E-state index in [1.54, 1.807) is 6.07 Å². The fourth-order valence-electron chi connectivity index (χ4n) is 4.10. The third-order valence-corrected chi connectivity index (χ3v) is 6.70. The number of ether oxygens (including phenoxy) is 3. The molecule has 248 valence electrons. The van der Waals surface area contributed by atoms with Crippen LogP contribution in [0.1, 0.15) is 51.9 Å². The summed E-state index contributed by atoms with van der Waals surface area (Å²) in [5.74, 6) is -37.8. The monoisotopic (exact) mass is 659 g/mol. The van der Waals surface area contributed by atoms with Crippen LogP contribution >= 0.6 is 0 Å². The molecule has 1 unspecified atom stereocenters. The van der Waals surface area contributed by atoms with Crippen molar-refractivity contribution in [3.63, 3.8) is 0 Å². The summed E-state index contributed by atoms with van der Waals surface area (Å²) in [6, 6.07) is 6.70. The van der Waals surface area contributed by atoms with Crippen LogP contribution in [0.2, 0.25) is 0 Å². The Morgan fingerprint density at radius 3 is 1.82 bits per heavy atom. The number of benzene rings is 1. The van der Waals surface area contributed by atoms with E-state index < -0.39 is 48.5 Å². The van der Waals surface area contributed by atoms with E-state index in [1.165, 1.54) is 18.3 Å². The summed E-state index contributed by atoms with van der Waals surface area (Å²) >= 11 is 0. The van der Waals surface area contributed by atoms with Gasteiger partial charge in [-0.2, -0.15) is 57.1 Å². The highest BCUT2D eigenvalue weighted by atomic mass is 19.4. The lowest BCUT2D eigenvalue weighted by molar-refractivity contribution is -0.441. The first kappa shape index (κ1) is 35.3. The molecule has 2 heterocycles. The minimum Gasteiger partial charge on any atom is -0.478 e. The number of hydrogen-bond donors (Lipinski definition) is 0. The van der Waals surface area contributed by atoms with Gasteiger partial charge in [-0.25, -0.2) is 4.98 Å². The van der Waals surface area contributed by atoms with Gasteiger partial charge in [0.15, 0.2) is 11.5 Å². The summed E-state index contributed by atoms with van der Waals surface area (Å²) < 4.78 is 189. The maximum atomic E-state index is 14.3. The minimum atomic E-state index is -7.97. The van der Waals surface area contributed by atoms with Gasteiger partial charge in [0.1, 0.15) is 0 Å². The topological polar surface area (TPSA) is 40.6 Å². The largest absolute Gasteiger partial charge is 0.478 e. The first-order chi connectivity index (χ1) is 20.2. The highest BCUT2D eigenvalue weighted by Crippen LogP contribution is 2.61. The van der Waals surface area contributed by atoms with Crippen LogP contribution in [0, 0.1) is 0 Å². The molecular weight excluding hydrogens is 633 g/mol. The van der Waals surface area contributed by atoms with Gasteiger partial charge in [-0.05, 0) is 30.2 Å². The lowest BCUT2D eigenvalue weighted by Crippen LogP contribution is -2.70. The number of aromatic nitrogens is 1. The van der Waals surface area contributed by atoms with E-state index in [4.69, 9.17) is 14.2 Å². The molecule has 0 N–H and O–H groups in total. The van der Waals surface area contributed by atoms with Gasteiger partial charge >= 0.3 is 35.8 Å². The molecule has 0 bridgehead atoms. The summed E-state index contributed by atoms with van der Waals surface area (Å²) in [5.41, 5.74) is 0.747. The average molecular weight is 659 g/mol. The van der Waals surface area contributed by atoms with Crippen molar-refractivity contribution in [1.82, 2.24) is 4.98 Å². The van der Waals surface area contributed by atoms with Crippen LogP contribution in [-0.2, 0) is 0 Å². The Kier molecular flexibility index (Phi) is 10.2. The molecule has 1 aromatic heterocycles. The second-order valence-corrected chi connectivity index (χ2v) is 10.0. The molecule has 0 radical (unpaired) electrons. The van der Waals surface area contributed by atoms with E-state index in [9.17, 15) is 57.1 Å². The van der Waals surface area contributed by atoms with Gasteiger partial charge in [-0.15, -0.1) is 0 Å². The number of nitrogens with zero attached hydrogens (tertiary/aromatic N) is 1. The maximum absolute atomic E-state index is 14.3. The van der Waals surface area contributed by atoms with Gasteiger partial charge in [0, 0.05) is 17.8 Å². The first-order valence-electron chi connectivity index (χ1n) is 13.2. The van der Waals surface area contributed by atoms with Crippen molar-refractivity contribution >= 4 is 0 Å². The van der Waals surface area contributed by atoms with E-state index in [0.29, 0.717) is 23.6 Å². The second-order valence-electron chi connectivity index (χ2n) is 10.0. The number of unbranched alkanes of at least 4 members (excludes halogenated alkanes) is 5. The van der Waals surface area contributed by atoms with Gasteiger partial charge in [0.05, 0.1) is 13.0 Å². The lowest BCUT2D eigenvalue weighted by Gasteiger charge is -2.39. The zero-order valence-electron chi connectivity index (χ0n) is 22.8. The summed E-state index contributed by atoms with van der Waals surface area (Å²) in [4.78, 5) is 4.13. The van der Waals surface area contributed by atoms with Crippen LogP contribution in [0.4, 0.5) is 57.1 Å². The number of halogens is 13. The molecule has 0 saturated heterocycles. The fourth-order valence-corrected chi connectivity index (χ4v) is 4.10. The second kappa shape index (κ2) is 12.7. The molecule has 0 amide bonds. The van der Waals surface area contributed by atoms with Gasteiger partial charge in [0.2, 0.25) is 12.2 Å². The molecule has 0 saturated carbocycles. The SMILES string of the molecule is CCCCCCCCOc1ccc(-c2ccc3c(c2)OC(CC(F)(F)C(F)(F)C(F)(F)C(F)(F)C(F)(F)C(F)(F)F)O3)cn1. The molecule has 44 heavy (non-hydrogen) atoms. The molecule has 2 aromatic rings. The van der Waals surface area contributed by atoms with Gasteiger partial charge < -0.3 is 14.2 Å². The normalized spacial score (nSPS) is 16.4. The highest BCUT2D eigenvalue weighted by molar-refractivity contribution is 5.67. The van der Waals surface area contributed by atoms with Crippen molar-refractivity contribution in [2.75, 3.05) is 6.61 Å². The van der Waals surface area contributed by atoms with E-state index >= 15 is 0 Å². The van der Waals surface area contributed by atoms with Crippen LogP contribution in [0.3, 0.4) is 0 Å². The number of hydrogen-bond acceptors (Lipinski definition) is 4. The molecule has 1 atom stereocenters. The average Bonchev–Trinajstić information content (AvgIpc) is 3.32. The van der Waals surface area contributed by atoms with E-state index in [1.807, 2.05) is 0 Å². The first-order valence-corrected chi connectivity index (χ1v) is 13.2. The van der Waals surface area contributed by atoms with Gasteiger partial charge in [0.25, 0.3) is 0 Å². The number of rotatable bonds is 15. The predicted octanol–water partition coefficient (Wildman–Crippen LogP) is 9.71. The van der Waals surface area contributed by atoms with Crippen LogP contribution in [0.15, 0.2) is 36.5 Å². The summed E-state index contributed by atoms with van der Waals surface area (Å²) in [6.07, 6.45) is -4.95. The van der Waals surface area contributed by atoms with Crippen molar-refractivity contribution in [2.24, 2.45) is 0 Å². The molecule has 0 spiro atoms. The third kappa shape index (κ3) is 6.75. The van der Waals surface area contributed by atoms with Crippen molar-refractivity contribution in [1.29, 1.82) is 0 Å². The zero-order chi connectivity index (χ0) is 33.2. The standard InChI is InChI=1S/C27H26F13NO3/c1-2-3-4-5-6-7-12-42-20-11-9-17(15-41-20)16-8-10-18-19(13-16)44-21(43-18)14-22(28,29)23(30,31)24(32,33)25(34,35)26(36,37)27(38,39)40/h8-11,13,15,21H,2-7,12,14H2,1H3. The van der Waals surface area contributed by atoms with Crippen molar-refractivity contribution in [3.8, 4) is 28.5 Å². The molecule has 17 heteroatoms. The Hall–Kier alpha value is -3.14. The predicted molar refractivity (Wildman–Crippen MR) is 129 cm³/mol.